The summed E-state index contributed by atoms with van der Waals surface area (Å²) in [5.74, 6) is -0.586. The van der Waals surface area contributed by atoms with E-state index >= 15 is 0 Å². The molecule has 0 aliphatic heterocycles. The van der Waals surface area contributed by atoms with Crippen LogP contribution in [0.5, 0.6) is 5.75 Å². The van der Waals surface area contributed by atoms with Crippen molar-refractivity contribution in [1.82, 2.24) is 4.98 Å². The van der Waals surface area contributed by atoms with Crippen molar-refractivity contribution in [2.45, 2.75) is 33.0 Å². The Kier molecular flexibility index (Phi) is 7.14. The molecule has 1 heterocycles. The Morgan fingerprint density at radius 3 is 2.57 bits per heavy atom. The predicted octanol–water partition coefficient (Wildman–Crippen LogP) is 5.33. The Hall–Kier alpha value is -3.25. The molecule has 1 N–H and O–H groups in total. The Bertz CT molecular complexity index is 1000. The van der Waals surface area contributed by atoms with E-state index in [0.717, 1.165) is 22.3 Å². The van der Waals surface area contributed by atoms with Crippen molar-refractivity contribution < 1.29 is 23.8 Å². The maximum atomic E-state index is 14.3. The molecule has 0 aliphatic carbocycles. The number of pyridine rings is 1. The molecule has 0 fully saturated rings. The summed E-state index contributed by atoms with van der Waals surface area (Å²) in [6.07, 6.45) is 2.74. The maximum absolute atomic E-state index is 14.3. The van der Waals surface area contributed by atoms with Crippen molar-refractivity contribution in [1.29, 1.82) is 0 Å². The molecule has 0 amide bonds. The Labute approximate surface area is 175 Å². The van der Waals surface area contributed by atoms with Crippen LogP contribution in [0.25, 0.3) is 11.1 Å². The summed E-state index contributed by atoms with van der Waals surface area (Å²) in [7, 11) is 0. The zero-order valence-corrected chi connectivity index (χ0v) is 17.0. The van der Waals surface area contributed by atoms with Crippen molar-refractivity contribution in [2.24, 2.45) is 0 Å². The molecular weight excluding hydrogens is 385 g/mol. The van der Waals surface area contributed by atoms with Gasteiger partial charge in [-0.15, -0.1) is 0 Å². The summed E-state index contributed by atoms with van der Waals surface area (Å²) in [5, 5.41) is 9.04. The topological polar surface area (TPSA) is 68.7 Å². The Morgan fingerprint density at radius 2 is 1.90 bits per heavy atom. The van der Waals surface area contributed by atoms with Gasteiger partial charge in [-0.25, -0.2) is 4.39 Å². The average molecular weight is 409 g/mol. The average Bonchev–Trinajstić information content (AvgIpc) is 2.73. The zero-order valence-electron chi connectivity index (χ0n) is 17.0. The molecule has 0 bridgehead atoms. The molecule has 0 unspecified atom stereocenters. The van der Waals surface area contributed by atoms with Gasteiger partial charge in [0.15, 0.2) is 0 Å². The van der Waals surface area contributed by atoms with Gasteiger partial charge in [0.2, 0.25) is 0 Å². The third-order valence-electron chi connectivity index (χ3n) is 4.75. The van der Waals surface area contributed by atoms with Crippen molar-refractivity contribution in [3.05, 3.63) is 83.4 Å². The molecule has 2 aromatic carbocycles. The summed E-state index contributed by atoms with van der Waals surface area (Å²) in [5.41, 5.74) is 3.80. The fourth-order valence-corrected chi connectivity index (χ4v) is 3.19. The first kappa shape index (κ1) is 21.5. The van der Waals surface area contributed by atoms with Crippen LogP contribution < -0.4 is 4.74 Å². The Balaban J connectivity index is 1.71. The van der Waals surface area contributed by atoms with Crippen LogP contribution >= 0.6 is 0 Å². The third-order valence-corrected chi connectivity index (χ3v) is 4.75. The van der Waals surface area contributed by atoms with E-state index in [-0.39, 0.29) is 18.8 Å². The first-order chi connectivity index (χ1) is 14.5. The Morgan fingerprint density at radius 1 is 1.13 bits per heavy atom. The van der Waals surface area contributed by atoms with Crippen LogP contribution in [0.15, 0.2) is 60.9 Å². The number of nitrogens with zero attached hydrogens (tertiary/aromatic N) is 1. The van der Waals surface area contributed by atoms with E-state index < -0.39 is 12.1 Å². The molecule has 1 aromatic heterocycles. The van der Waals surface area contributed by atoms with Crippen LogP contribution in [0, 0.1) is 12.7 Å². The van der Waals surface area contributed by atoms with E-state index in [0.29, 0.717) is 17.9 Å². The molecule has 6 heteroatoms. The summed E-state index contributed by atoms with van der Waals surface area (Å²) >= 11 is 0. The van der Waals surface area contributed by atoms with Crippen LogP contribution in [0.3, 0.4) is 0 Å². The standard InChI is InChI=1S/C24H24FNO4/c1-3-29-23(13-24(27)28)18-5-7-19(8-6-18)30-15-17-4-9-22(25)20(12-17)21-14-26-11-10-16(21)2/h4-12,14,23H,3,13,15H2,1-2H3,(H,27,28)/t23-/m0/s1. The van der Waals surface area contributed by atoms with E-state index in [1.807, 2.05) is 19.9 Å². The number of carboxylic acid groups (broad SMARTS) is 1. The van der Waals surface area contributed by atoms with E-state index in [9.17, 15) is 9.18 Å². The molecule has 1 atom stereocenters. The van der Waals surface area contributed by atoms with Crippen LogP contribution in [0.2, 0.25) is 0 Å². The van der Waals surface area contributed by atoms with Gasteiger partial charge in [0.1, 0.15) is 18.2 Å². The van der Waals surface area contributed by atoms with Gasteiger partial charge in [-0.3, -0.25) is 9.78 Å². The van der Waals surface area contributed by atoms with E-state index in [1.54, 1.807) is 48.8 Å². The molecule has 30 heavy (non-hydrogen) atoms. The van der Waals surface area contributed by atoms with Crippen LogP contribution in [0.1, 0.15) is 36.1 Å². The monoisotopic (exact) mass is 409 g/mol. The molecule has 0 spiro atoms. The minimum atomic E-state index is -0.912. The number of aromatic nitrogens is 1. The molecule has 0 aliphatic rings. The summed E-state index contributed by atoms with van der Waals surface area (Å²) in [6, 6.07) is 13.9. The quantitative estimate of drug-likeness (QED) is 0.517. The lowest BCUT2D eigenvalue weighted by Crippen LogP contribution is -2.10. The lowest BCUT2D eigenvalue weighted by Gasteiger charge is -2.16. The molecule has 0 saturated carbocycles. The van der Waals surface area contributed by atoms with E-state index in [2.05, 4.69) is 4.98 Å². The highest BCUT2D eigenvalue weighted by atomic mass is 19.1. The first-order valence-electron chi connectivity index (χ1n) is 9.73. The minimum absolute atomic E-state index is 0.0971. The van der Waals surface area contributed by atoms with Gasteiger partial charge < -0.3 is 14.6 Å². The number of halogens is 1. The highest BCUT2D eigenvalue weighted by Crippen LogP contribution is 2.27. The highest BCUT2D eigenvalue weighted by Gasteiger charge is 2.16. The molecule has 3 aromatic rings. The van der Waals surface area contributed by atoms with Crippen LogP contribution in [0.4, 0.5) is 4.39 Å². The zero-order chi connectivity index (χ0) is 21.5. The van der Waals surface area contributed by atoms with Crippen LogP contribution in [-0.2, 0) is 16.1 Å². The van der Waals surface area contributed by atoms with Crippen molar-refractivity contribution in [3.63, 3.8) is 0 Å². The number of benzene rings is 2. The van der Waals surface area contributed by atoms with E-state index in [1.165, 1.54) is 6.07 Å². The largest absolute Gasteiger partial charge is 0.489 e. The number of ether oxygens (including phenoxy) is 2. The fraction of sp³-hybridized carbons (Fsp3) is 0.250. The lowest BCUT2D eigenvalue weighted by atomic mass is 10.0. The number of aliphatic carboxylic acids is 1. The summed E-state index contributed by atoms with van der Waals surface area (Å²) in [6.45, 7) is 4.45. The lowest BCUT2D eigenvalue weighted by molar-refractivity contribution is -0.140. The maximum Gasteiger partial charge on any atom is 0.306 e. The van der Waals surface area contributed by atoms with Gasteiger partial charge in [-0.2, -0.15) is 0 Å². The number of aryl methyl sites for hydroxylation is 1. The molecule has 3 rings (SSSR count). The van der Waals surface area contributed by atoms with Crippen molar-refractivity contribution in [3.8, 4) is 16.9 Å². The van der Waals surface area contributed by atoms with Crippen LogP contribution in [-0.4, -0.2) is 22.7 Å². The predicted molar refractivity (Wildman–Crippen MR) is 112 cm³/mol. The number of rotatable bonds is 9. The number of hydrogen-bond acceptors (Lipinski definition) is 4. The van der Waals surface area contributed by atoms with Gasteiger partial charge in [-0.1, -0.05) is 18.2 Å². The van der Waals surface area contributed by atoms with Gasteiger partial charge in [-0.05, 0) is 60.9 Å². The second-order valence-electron chi connectivity index (χ2n) is 6.90. The SMILES string of the molecule is CCO[C@@H](CC(=O)O)c1ccc(OCc2ccc(F)c(-c3cnccc3C)c2)cc1. The summed E-state index contributed by atoms with van der Waals surface area (Å²) in [4.78, 5) is 15.1. The molecular formula is C24H24FNO4. The third kappa shape index (κ3) is 5.42. The molecule has 0 radical (unpaired) electrons. The van der Waals surface area contributed by atoms with Gasteiger partial charge >= 0.3 is 5.97 Å². The first-order valence-corrected chi connectivity index (χ1v) is 9.73. The highest BCUT2D eigenvalue weighted by molar-refractivity contribution is 5.68. The van der Waals surface area contributed by atoms with Crippen molar-refractivity contribution in [2.75, 3.05) is 6.61 Å². The molecule has 0 saturated heterocycles. The molecule has 5 nitrogen and oxygen atoms in total. The second kappa shape index (κ2) is 9.98. The fourth-order valence-electron chi connectivity index (χ4n) is 3.19. The summed E-state index contributed by atoms with van der Waals surface area (Å²) < 4.78 is 25.7. The normalized spacial score (nSPS) is 11.8. The van der Waals surface area contributed by atoms with Gasteiger partial charge in [0.05, 0.1) is 12.5 Å². The van der Waals surface area contributed by atoms with Gasteiger partial charge in [0, 0.05) is 30.1 Å². The van der Waals surface area contributed by atoms with Crippen molar-refractivity contribution >= 4 is 5.97 Å². The minimum Gasteiger partial charge on any atom is -0.489 e. The number of carbonyl (C=O) groups is 1. The van der Waals surface area contributed by atoms with E-state index in [4.69, 9.17) is 14.6 Å². The van der Waals surface area contributed by atoms with Gasteiger partial charge in [0.25, 0.3) is 0 Å². The smallest absolute Gasteiger partial charge is 0.306 e. The molecule has 156 valence electrons. The number of hydrogen-bond donors (Lipinski definition) is 1. The number of carboxylic acids is 1. The second-order valence-corrected chi connectivity index (χ2v) is 6.90.